The van der Waals surface area contributed by atoms with E-state index in [1.54, 1.807) is 0 Å². The fourth-order valence-corrected chi connectivity index (χ4v) is 24.5. The third-order valence-electron chi connectivity index (χ3n) is 30.7. The first-order valence-electron chi connectivity index (χ1n) is 49.4. The van der Waals surface area contributed by atoms with Crippen molar-refractivity contribution in [2.45, 2.75) is 0 Å². The lowest BCUT2D eigenvalue weighted by Crippen LogP contribution is -2.00. The number of hydrogen-bond acceptors (Lipinski definition) is 3. The van der Waals surface area contributed by atoms with Crippen molar-refractivity contribution in [3.05, 3.63) is 491 Å². The largest absolute Gasteiger partial charge is 0.309 e. The van der Waals surface area contributed by atoms with Crippen LogP contribution in [0, 0.1) is 0 Å². The maximum absolute atomic E-state index is 5.39. The van der Waals surface area contributed by atoms with E-state index in [1.165, 1.54) is 231 Å². The molecular weight excluding hydrogens is 1750 g/mol. The van der Waals surface area contributed by atoms with Crippen LogP contribution >= 0.6 is 0 Å². The zero-order valence-corrected chi connectivity index (χ0v) is 77.8. The number of para-hydroxylation sites is 12. The van der Waals surface area contributed by atoms with Crippen LogP contribution < -0.4 is 0 Å². The topological polar surface area (TPSA) is 68.2 Å². The molecule has 12 heterocycles. The SMILES string of the molecule is c1ccc(-n2c3ccccc3c3cc(-c4ccc5c(c4)c4cccc6c4n5-c4nc5ccccc5cc4-c4ccccc4-6)ccc32)cc1.c1ccc(-n2c3ccccc3c3cc(-c4ccc5c6cccc7c6n(c5c4)-c4nc5ccccc5cc4-c4ccccc4-7)ccc32)cc1.c1ccc(-n2c3ccccc3c3cc(-c4cccc5c4c4cccc6c4n5-c4nc5ccccc5cc4-c4ccccc4-6)ccc32)cc1. The van der Waals surface area contributed by atoms with E-state index >= 15 is 0 Å². The zero-order chi connectivity index (χ0) is 94.0. The summed E-state index contributed by atoms with van der Waals surface area (Å²) in [6.45, 7) is 0. The van der Waals surface area contributed by atoms with Crippen molar-refractivity contribution in [3.63, 3.8) is 0 Å². The Labute approximate surface area is 826 Å². The predicted octanol–water partition coefficient (Wildman–Crippen LogP) is 35.2. The highest BCUT2D eigenvalue weighted by Gasteiger charge is 2.33. The van der Waals surface area contributed by atoms with Gasteiger partial charge in [0, 0.05) is 131 Å². The minimum absolute atomic E-state index is 0.977. The summed E-state index contributed by atoms with van der Waals surface area (Å²) in [5.41, 5.74) is 42.7. The predicted molar refractivity (Wildman–Crippen MR) is 601 cm³/mol. The Morgan fingerprint density at radius 3 is 0.812 bits per heavy atom. The molecule has 3 aliphatic heterocycles. The molecule has 0 fully saturated rings. The summed E-state index contributed by atoms with van der Waals surface area (Å²) in [4.78, 5) is 16.1. The fraction of sp³-hybridized carbons (Fsp3) is 0. The quantitative estimate of drug-likeness (QED) is 0.167. The maximum Gasteiger partial charge on any atom is 0.146 e. The van der Waals surface area contributed by atoms with Crippen LogP contribution in [-0.4, -0.2) is 42.4 Å². The number of nitrogens with zero attached hydrogens (tertiary/aromatic N) is 9. The van der Waals surface area contributed by atoms with E-state index in [-0.39, 0.29) is 0 Å². The molecule has 9 heteroatoms. The molecule has 0 atom stereocenters. The van der Waals surface area contributed by atoms with Crippen LogP contribution in [-0.2, 0) is 0 Å². The van der Waals surface area contributed by atoms with Gasteiger partial charge in [-0.2, -0.15) is 0 Å². The van der Waals surface area contributed by atoms with Crippen LogP contribution in [0.3, 0.4) is 0 Å². The number of hydrogen-bond donors (Lipinski definition) is 0. The summed E-state index contributed by atoms with van der Waals surface area (Å²) in [6.07, 6.45) is 0. The molecule has 0 bridgehead atoms. The summed E-state index contributed by atoms with van der Waals surface area (Å²) in [5.74, 6) is 2.93. The van der Waals surface area contributed by atoms with Crippen LogP contribution in [0.1, 0.15) is 0 Å². The van der Waals surface area contributed by atoms with E-state index in [0.29, 0.717) is 0 Å². The average Bonchev–Trinajstić information content (AvgIpc) is 1.56. The molecule has 33 rings (SSSR count). The van der Waals surface area contributed by atoms with Crippen molar-refractivity contribution < 1.29 is 0 Å². The Hall–Kier alpha value is -19.4. The normalized spacial score (nSPS) is 12.2. The van der Waals surface area contributed by atoms with Crippen LogP contribution in [0.15, 0.2) is 491 Å². The Morgan fingerprint density at radius 2 is 0.389 bits per heavy atom. The van der Waals surface area contributed by atoms with E-state index in [2.05, 4.69) is 519 Å². The Morgan fingerprint density at radius 1 is 0.132 bits per heavy atom. The van der Waals surface area contributed by atoms with E-state index in [4.69, 9.17) is 15.0 Å². The van der Waals surface area contributed by atoms with Gasteiger partial charge in [-0.1, -0.05) is 340 Å². The summed E-state index contributed by atoms with van der Waals surface area (Å²) in [5, 5.41) is 18.4. The first-order valence-corrected chi connectivity index (χ1v) is 49.4. The van der Waals surface area contributed by atoms with Gasteiger partial charge in [-0.3, -0.25) is 13.7 Å². The summed E-state index contributed by atoms with van der Waals surface area (Å²) in [6, 6.07) is 178. The summed E-state index contributed by atoms with van der Waals surface area (Å²) >= 11 is 0. The minimum atomic E-state index is 0.977. The molecule has 666 valence electrons. The van der Waals surface area contributed by atoms with Crippen molar-refractivity contribution >= 4 is 164 Å². The van der Waals surface area contributed by atoms with Gasteiger partial charge in [0.2, 0.25) is 0 Å². The van der Waals surface area contributed by atoms with E-state index < -0.39 is 0 Å². The van der Waals surface area contributed by atoms with Gasteiger partial charge in [-0.15, -0.1) is 0 Å². The Kier molecular flexibility index (Phi) is 17.2. The Bertz CT molecular complexity index is 10700. The number of aromatic nitrogens is 9. The lowest BCUT2D eigenvalue weighted by molar-refractivity contribution is 1.11. The first kappa shape index (κ1) is 79.7. The minimum Gasteiger partial charge on any atom is -0.309 e. The zero-order valence-electron chi connectivity index (χ0n) is 77.8. The van der Waals surface area contributed by atoms with Crippen LogP contribution in [0.2, 0.25) is 0 Å². The third-order valence-corrected chi connectivity index (χ3v) is 30.7. The highest BCUT2D eigenvalue weighted by molar-refractivity contribution is 6.24. The van der Waals surface area contributed by atoms with Crippen molar-refractivity contribution in [3.8, 4) is 135 Å². The summed E-state index contributed by atoms with van der Waals surface area (Å²) < 4.78 is 14.4. The molecule has 9 nitrogen and oxygen atoms in total. The van der Waals surface area contributed by atoms with Crippen molar-refractivity contribution in [2.24, 2.45) is 0 Å². The van der Waals surface area contributed by atoms with Gasteiger partial charge >= 0.3 is 0 Å². The van der Waals surface area contributed by atoms with E-state index in [0.717, 1.165) is 66.9 Å². The molecule has 0 saturated heterocycles. The van der Waals surface area contributed by atoms with Gasteiger partial charge < -0.3 is 13.7 Å². The van der Waals surface area contributed by atoms with Gasteiger partial charge in [0.25, 0.3) is 0 Å². The van der Waals surface area contributed by atoms with Gasteiger partial charge in [0.05, 0.1) is 82.8 Å². The molecule has 9 aromatic heterocycles. The lowest BCUT2D eigenvalue weighted by atomic mass is 9.93. The second kappa shape index (κ2) is 31.1. The monoisotopic (exact) mass is 1830 g/mol. The third kappa shape index (κ3) is 11.8. The number of rotatable bonds is 6. The number of benzene rings is 21. The van der Waals surface area contributed by atoms with Crippen molar-refractivity contribution in [2.75, 3.05) is 0 Å². The molecule has 0 saturated carbocycles. The molecule has 0 unspecified atom stereocenters. The van der Waals surface area contributed by atoms with Gasteiger partial charge in [0.15, 0.2) is 0 Å². The second-order valence-corrected chi connectivity index (χ2v) is 38.3. The van der Waals surface area contributed by atoms with Crippen molar-refractivity contribution in [1.82, 2.24) is 42.4 Å². The maximum atomic E-state index is 5.39. The number of fused-ring (bicyclic) bond motifs is 36. The van der Waals surface area contributed by atoms with Crippen LogP contribution in [0.25, 0.3) is 298 Å². The van der Waals surface area contributed by atoms with Gasteiger partial charge in [-0.25, -0.2) is 15.0 Å². The van der Waals surface area contributed by atoms with Crippen LogP contribution in [0.4, 0.5) is 0 Å². The lowest BCUT2D eigenvalue weighted by Gasteiger charge is -2.13. The molecule has 0 amide bonds. The Balaban J connectivity index is 0.0000000986. The van der Waals surface area contributed by atoms with Gasteiger partial charge in [-0.05, 0) is 218 Å². The van der Waals surface area contributed by atoms with E-state index in [1.807, 2.05) is 0 Å². The highest BCUT2D eigenvalue weighted by atomic mass is 15.1. The highest BCUT2D eigenvalue weighted by Crippen LogP contribution is 2.54. The molecule has 30 aromatic rings. The first-order chi connectivity index (χ1) is 71.5. The molecule has 21 aromatic carbocycles. The second-order valence-electron chi connectivity index (χ2n) is 38.3. The van der Waals surface area contributed by atoms with Crippen LogP contribution in [0.5, 0.6) is 0 Å². The molecule has 0 spiro atoms. The molecule has 3 aliphatic rings. The molecule has 0 N–H and O–H groups in total. The molecular formula is C135H81N9. The molecule has 144 heavy (non-hydrogen) atoms. The smallest absolute Gasteiger partial charge is 0.146 e. The fourth-order valence-electron chi connectivity index (χ4n) is 24.5. The summed E-state index contributed by atoms with van der Waals surface area (Å²) in [7, 11) is 0. The standard InChI is InChI=1S/3C45H27N3/c1-2-13-30(14-3-1)47-40-22-9-7-17-34(40)37-26-28(24-25-41(37)47)31-18-11-23-42-43(31)36-20-10-19-35-32-15-5-6-16-33(32)38-27-29-12-4-8-21-39(29)46-45(38)48(42)44(35)36;1-2-12-31(13-3-1)47-41-20-9-7-16-34(41)38-25-28(22-24-42(38)47)29-21-23-35-37-18-10-17-36-32-14-5-6-15-33(32)39-26-30-11-4-8-19-40(30)46-45(39)48(44(36)37)43(35)27-29;1-2-12-31(13-3-1)47-41-20-9-7-16-34(41)37-25-28(21-23-42(37)47)29-22-24-43-38(26-29)36-18-10-17-35-32-14-5-6-15-33(32)39-27-30-11-4-8-19-40(30)46-45(39)48(43)44(35)36/h3*1-27H. The van der Waals surface area contributed by atoms with Gasteiger partial charge in [0.1, 0.15) is 17.5 Å². The molecule has 0 radical (unpaired) electrons. The molecule has 0 aliphatic carbocycles. The number of pyridine rings is 3. The van der Waals surface area contributed by atoms with E-state index in [9.17, 15) is 0 Å². The van der Waals surface area contributed by atoms with Crippen molar-refractivity contribution in [1.29, 1.82) is 0 Å². The average molecular weight is 1830 g/mol.